The lowest BCUT2D eigenvalue weighted by molar-refractivity contribution is 0.104. The summed E-state index contributed by atoms with van der Waals surface area (Å²) in [6, 6.07) is 15.4. The van der Waals surface area contributed by atoms with Crippen LogP contribution in [-0.4, -0.2) is 15.8 Å². The molecule has 4 rings (SSSR count). The van der Waals surface area contributed by atoms with Gasteiger partial charge in [0.05, 0.1) is 16.2 Å². The van der Waals surface area contributed by atoms with E-state index in [1.54, 1.807) is 18.2 Å². The molecule has 0 atom stereocenters. The Labute approximate surface area is 184 Å². The van der Waals surface area contributed by atoms with E-state index in [2.05, 4.69) is 25.9 Å². The highest BCUT2D eigenvalue weighted by molar-refractivity contribution is 9.12. The van der Waals surface area contributed by atoms with Crippen LogP contribution in [0.5, 0.6) is 0 Å². The fourth-order valence-electron chi connectivity index (χ4n) is 3.23. The molecule has 0 unspecified atom stereocenters. The number of nitrogens with one attached hydrogen (secondary N) is 1. The molecular formula is C23H13BrClFN2O2. The van der Waals surface area contributed by atoms with Crippen LogP contribution in [0.1, 0.15) is 15.9 Å². The first-order chi connectivity index (χ1) is 14.4. The number of aromatic nitrogens is 2. The minimum atomic E-state index is -0.541. The quantitative estimate of drug-likeness (QED) is 0.286. The van der Waals surface area contributed by atoms with E-state index in [1.165, 1.54) is 18.3 Å². The van der Waals surface area contributed by atoms with Crippen molar-refractivity contribution in [3.63, 3.8) is 0 Å². The zero-order chi connectivity index (χ0) is 21.3. The highest BCUT2D eigenvalue weighted by Crippen LogP contribution is 2.33. The fraction of sp³-hybridized carbons (Fsp3) is 0. The molecule has 2 aromatic heterocycles. The SMILES string of the molecule is O=C(/C(Br)=C/c1cncc(F)c1)c1c(-c2ccccc2)c2cc(Cl)ccc2[nH]c1=O. The van der Waals surface area contributed by atoms with Gasteiger partial charge in [-0.1, -0.05) is 41.9 Å². The standard InChI is InChI=1S/C23H13BrClFN2O2/c24-18(9-13-8-16(26)12-27-11-13)22(29)21-20(14-4-2-1-3-5-14)17-10-15(25)6-7-19(17)28-23(21)30/h1-12H,(H,28,30)/b18-9-. The highest BCUT2D eigenvalue weighted by Gasteiger charge is 2.22. The number of hydrogen-bond donors (Lipinski definition) is 1. The summed E-state index contributed by atoms with van der Waals surface area (Å²) < 4.78 is 13.5. The average molecular weight is 484 g/mol. The minimum absolute atomic E-state index is 0.0385. The summed E-state index contributed by atoms with van der Waals surface area (Å²) in [7, 11) is 0. The van der Waals surface area contributed by atoms with Gasteiger partial charge in [-0.05, 0) is 57.4 Å². The molecule has 0 amide bonds. The predicted molar refractivity (Wildman–Crippen MR) is 120 cm³/mol. The van der Waals surface area contributed by atoms with E-state index in [1.807, 2.05) is 30.3 Å². The number of H-pyrrole nitrogens is 1. The Bertz CT molecular complexity index is 1370. The lowest BCUT2D eigenvalue weighted by Gasteiger charge is -2.12. The van der Waals surface area contributed by atoms with E-state index in [0.717, 1.165) is 6.20 Å². The van der Waals surface area contributed by atoms with Crippen molar-refractivity contribution >= 4 is 50.3 Å². The van der Waals surface area contributed by atoms with Crippen LogP contribution < -0.4 is 5.56 Å². The summed E-state index contributed by atoms with van der Waals surface area (Å²) in [4.78, 5) is 32.7. The van der Waals surface area contributed by atoms with Crippen molar-refractivity contribution in [3.8, 4) is 11.1 Å². The number of nitrogens with zero attached hydrogens (tertiary/aromatic N) is 1. The maximum Gasteiger partial charge on any atom is 0.260 e. The molecule has 148 valence electrons. The Kier molecular flexibility index (Phi) is 5.61. The van der Waals surface area contributed by atoms with Crippen LogP contribution in [0.3, 0.4) is 0 Å². The van der Waals surface area contributed by atoms with E-state index < -0.39 is 17.2 Å². The Morgan fingerprint density at radius 3 is 2.60 bits per heavy atom. The van der Waals surface area contributed by atoms with Crippen molar-refractivity contribution in [3.05, 3.63) is 104 Å². The molecule has 0 radical (unpaired) electrons. The maximum atomic E-state index is 13.4. The number of Topliss-reactive ketones (excluding diaryl/α,β-unsaturated/α-hetero) is 1. The molecule has 2 heterocycles. The first-order valence-electron chi connectivity index (χ1n) is 8.87. The number of benzene rings is 2. The Morgan fingerprint density at radius 1 is 1.10 bits per heavy atom. The van der Waals surface area contributed by atoms with Gasteiger partial charge in [0.15, 0.2) is 0 Å². The molecule has 0 saturated carbocycles. The number of carbonyl (C=O) groups is 1. The first-order valence-corrected chi connectivity index (χ1v) is 10.0. The topological polar surface area (TPSA) is 62.8 Å². The van der Waals surface area contributed by atoms with Gasteiger partial charge in [0.2, 0.25) is 5.78 Å². The van der Waals surface area contributed by atoms with Crippen LogP contribution >= 0.6 is 27.5 Å². The van der Waals surface area contributed by atoms with Crippen LogP contribution in [0.15, 0.2) is 76.3 Å². The maximum absolute atomic E-state index is 13.4. The number of ketones is 1. The summed E-state index contributed by atoms with van der Waals surface area (Å²) >= 11 is 9.44. The average Bonchev–Trinajstić information content (AvgIpc) is 2.73. The Balaban J connectivity index is 1.97. The van der Waals surface area contributed by atoms with Crippen LogP contribution in [0.2, 0.25) is 5.02 Å². The van der Waals surface area contributed by atoms with Crippen LogP contribution in [-0.2, 0) is 0 Å². The van der Waals surface area contributed by atoms with Gasteiger partial charge in [0, 0.05) is 27.7 Å². The number of carbonyl (C=O) groups excluding carboxylic acids is 1. The summed E-state index contributed by atoms with van der Waals surface area (Å²) in [5.74, 6) is -1.07. The zero-order valence-electron chi connectivity index (χ0n) is 15.3. The van der Waals surface area contributed by atoms with E-state index in [4.69, 9.17) is 11.6 Å². The monoisotopic (exact) mass is 482 g/mol. The van der Waals surface area contributed by atoms with Crippen LogP contribution in [0, 0.1) is 5.82 Å². The van der Waals surface area contributed by atoms with Gasteiger partial charge in [-0.3, -0.25) is 14.6 Å². The second-order valence-corrected chi connectivity index (χ2v) is 7.81. The number of aromatic amines is 1. The molecule has 0 bridgehead atoms. The molecule has 30 heavy (non-hydrogen) atoms. The van der Waals surface area contributed by atoms with E-state index in [0.29, 0.717) is 32.6 Å². The number of halogens is 3. The van der Waals surface area contributed by atoms with Gasteiger partial charge in [0.25, 0.3) is 5.56 Å². The lowest BCUT2D eigenvalue weighted by atomic mass is 9.94. The predicted octanol–water partition coefficient (Wildman–Crippen LogP) is 6.00. The largest absolute Gasteiger partial charge is 0.321 e. The van der Waals surface area contributed by atoms with Gasteiger partial charge >= 0.3 is 0 Å². The van der Waals surface area contributed by atoms with Gasteiger partial charge in [-0.25, -0.2) is 4.39 Å². The van der Waals surface area contributed by atoms with Crippen molar-refractivity contribution in [1.29, 1.82) is 0 Å². The number of pyridine rings is 2. The van der Waals surface area contributed by atoms with Gasteiger partial charge in [-0.15, -0.1) is 0 Å². The molecule has 4 nitrogen and oxygen atoms in total. The van der Waals surface area contributed by atoms with E-state index in [-0.39, 0.29) is 10.0 Å². The van der Waals surface area contributed by atoms with E-state index in [9.17, 15) is 14.0 Å². The molecule has 4 aromatic rings. The molecule has 0 fully saturated rings. The highest BCUT2D eigenvalue weighted by atomic mass is 79.9. The van der Waals surface area contributed by atoms with Crippen molar-refractivity contribution in [2.75, 3.05) is 0 Å². The molecule has 0 saturated heterocycles. The third-order valence-corrected chi connectivity index (χ3v) is 5.33. The fourth-order valence-corrected chi connectivity index (χ4v) is 3.86. The second-order valence-electron chi connectivity index (χ2n) is 6.52. The number of fused-ring (bicyclic) bond motifs is 1. The first kappa shape index (κ1) is 20.2. The van der Waals surface area contributed by atoms with Crippen molar-refractivity contribution in [1.82, 2.24) is 9.97 Å². The molecule has 1 N–H and O–H groups in total. The van der Waals surface area contributed by atoms with Crippen molar-refractivity contribution < 1.29 is 9.18 Å². The molecule has 0 aliphatic rings. The van der Waals surface area contributed by atoms with Gasteiger partial charge in [0.1, 0.15) is 5.82 Å². The molecule has 0 aliphatic carbocycles. The Morgan fingerprint density at radius 2 is 1.87 bits per heavy atom. The van der Waals surface area contributed by atoms with Gasteiger partial charge < -0.3 is 4.98 Å². The molecule has 2 aromatic carbocycles. The summed E-state index contributed by atoms with van der Waals surface area (Å²) in [6.07, 6.45) is 3.91. The third-order valence-electron chi connectivity index (χ3n) is 4.50. The normalized spacial score (nSPS) is 11.6. The van der Waals surface area contributed by atoms with Crippen LogP contribution in [0.4, 0.5) is 4.39 Å². The smallest absolute Gasteiger partial charge is 0.260 e. The molecule has 7 heteroatoms. The van der Waals surface area contributed by atoms with Crippen molar-refractivity contribution in [2.45, 2.75) is 0 Å². The Hall–Kier alpha value is -3.09. The second kappa shape index (κ2) is 8.34. The summed E-state index contributed by atoms with van der Waals surface area (Å²) in [5.41, 5.74) is 1.56. The summed E-state index contributed by atoms with van der Waals surface area (Å²) in [5, 5.41) is 1.12. The molecular weight excluding hydrogens is 471 g/mol. The zero-order valence-corrected chi connectivity index (χ0v) is 17.7. The molecule has 0 aliphatic heterocycles. The van der Waals surface area contributed by atoms with Crippen LogP contribution in [0.25, 0.3) is 28.1 Å². The minimum Gasteiger partial charge on any atom is -0.321 e. The van der Waals surface area contributed by atoms with Crippen molar-refractivity contribution in [2.24, 2.45) is 0 Å². The summed E-state index contributed by atoms with van der Waals surface area (Å²) in [6.45, 7) is 0. The number of allylic oxidation sites excluding steroid dienone is 1. The third kappa shape index (κ3) is 3.97. The number of rotatable bonds is 4. The van der Waals surface area contributed by atoms with E-state index >= 15 is 0 Å². The number of hydrogen-bond acceptors (Lipinski definition) is 3. The van der Waals surface area contributed by atoms with Gasteiger partial charge in [-0.2, -0.15) is 0 Å². The lowest BCUT2D eigenvalue weighted by Crippen LogP contribution is -2.20. The molecule has 0 spiro atoms.